The van der Waals surface area contributed by atoms with Crippen molar-refractivity contribution in [3.8, 4) is 0 Å². The number of rotatable bonds is 13. The average molecular weight is 1040 g/mol. The van der Waals surface area contributed by atoms with Gasteiger partial charge in [-0.25, -0.2) is 0 Å². The second kappa shape index (κ2) is 21.1. The maximum absolute atomic E-state index is 6.23. The van der Waals surface area contributed by atoms with Crippen LogP contribution >= 0.6 is 92.2 Å². The van der Waals surface area contributed by atoms with E-state index < -0.39 is 16.6 Å². The summed E-state index contributed by atoms with van der Waals surface area (Å²) in [5.41, 5.74) is 2.37. The van der Waals surface area contributed by atoms with Gasteiger partial charge in [0.25, 0.3) is 0 Å². The van der Waals surface area contributed by atoms with Crippen LogP contribution in [0.3, 0.4) is 0 Å². The molecule has 0 bridgehead atoms. The van der Waals surface area contributed by atoms with Crippen LogP contribution in [0.5, 0.6) is 0 Å². The fraction of sp³-hybridized carbons (Fsp3) is 0.929. The Labute approximate surface area is 307 Å². The summed E-state index contributed by atoms with van der Waals surface area (Å²) in [6.45, 7) is 19.8. The first-order chi connectivity index (χ1) is 19.0. The second-order valence-electron chi connectivity index (χ2n) is 13.5. The van der Waals surface area contributed by atoms with Gasteiger partial charge in [-0.15, -0.1) is 0 Å². The summed E-state index contributed by atoms with van der Waals surface area (Å²) in [7, 11) is -1.84. The number of alkyl halides is 4. The van der Waals surface area contributed by atoms with Gasteiger partial charge in [-0.1, -0.05) is 77.6 Å². The van der Waals surface area contributed by atoms with Gasteiger partial charge in [0, 0.05) is 32.5 Å². The summed E-state index contributed by atoms with van der Waals surface area (Å²) < 4.78 is 12.5. The van der Waals surface area contributed by atoms with Crippen LogP contribution in [-0.2, 0) is 19.7 Å². The third-order valence-corrected chi connectivity index (χ3v) is 12.9. The van der Waals surface area contributed by atoms with Crippen molar-refractivity contribution in [3.05, 3.63) is 0 Å². The first kappa shape index (κ1) is 42.1. The first-order valence-corrected chi connectivity index (χ1v) is 30.1. The molecule has 0 amide bonds. The monoisotopic (exact) mass is 1040 g/mol. The van der Waals surface area contributed by atoms with Crippen molar-refractivity contribution in [3.63, 3.8) is 0 Å². The Morgan fingerprint density at radius 2 is 0.902 bits per heavy atom. The van der Waals surface area contributed by atoms with E-state index in [1.165, 1.54) is 22.3 Å². The van der Waals surface area contributed by atoms with E-state index in [0.29, 0.717) is 31.1 Å². The normalized spacial score (nSPS) is 32.0. The molecule has 2 rings (SSSR count). The zero-order valence-corrected chi connectivity index (χ0v) is 38.5. The number of aliphatic imine (C=N–C) groups is 2. The molecule has 4 unspecified atom stereocenters. The third-order valence-electron chi connectivity index (χ3n) is 7.12. The fourth-order valence-electron chi connectivity index (χ4n) is 5.23. The molecule has 4 nitrogen and oxygen atoms in total. The molecule has 0 aromatic rings. The molecule has 0 spiro atoms. The van der Waals surface area contributed by atoms with Crippen LogP contribution < -0.4 is 0 Å². The molecule has 246 valence electrons. The Balaban J connectivity index is 0.00000268. The molecule has 2 aliphatic carbocycles. The van der Waals surface area contributed by atoms with E-state index in [-0.39, 0.29) is 12.1 Å². The van der Waals surface area contributed by atoms with Crippen LogP contribution in [0.1, 0.15) is 65.2 Å². The summed E-state index contributed by atoms with van der Waals surface area (Å²) in [6, 6.07) is 0.432. The van der Waals surface area contributed by atoms with Gasteiger partial charge in [0.05, 0.1) is 23.5 Å². The molecule has 41 heavy (non-hydrogen) atoms. The summed E-state index contributed by atoms with van der Waals surface area (Å²) in [6.07, 6.45) is 8.41. The first-order valence-electron chi connectivity index (χ1n) is 14.8. The topological polar surface area (TPSA) is 43.2 Å². The second-order valence-corrected chi connectivity index (χ2v) is 32.2. The standard InChI is InChI=1S/C28H52Br4N2O2Si2.2BrH.Ni/c1-19-15-21(29)27(22(30)16-19)33-25(11-9-13-35-37(3,4)5)26(12-10-14-36-38(6,7)8)34-28-23(31)17-20(2)18-24(28)32;;;/h19-24,27-28H,9-18H2,1-8H3;2*1H;/q;;;+2/p-2. The predicted octanol–water partition coefficient (Wildman–Crippen LogP) is 11.5. The van der Waals surface area contributed by atoms with Crippen molar-refractivity contribution in [2.24, 2.45) is 21.8 Å². The Morgan fingerprint density at radius 1 is 0.634 bits per heavy atom. The van der Waals surface area contributed by atoms with Crippen molar-refractivity contribution in [1.29, 1.82) is 0 Å². The van der Waals surface area contributed by atoms with Gasteiger partial charge in [-0.2, -0.15) is 0 Å². The molecular formula is C28H52Br6N2NiO2Si2. The molecule has 13 heteroatoms. The van der Waals surface area contributed by atoms with Gasteiger partial charge in [-0.3, -0.25) is 9.98 Å². The molecular weight excluding hydrogens is 991 g/mol. The van der Waals surface area contributed by atoms with Crippen molar-refractivity contribution < 1.29 is 19.7 Å². The molecule has 0 radical (unpaired) electrons. The molecule has 2 aliphatic rings. The van der Waals surface area contributed by atoms with E-state index in [1.54, 1.807) is 0 Å². The number of halogens is 6. The Bertz CT molecular complexity index is 727. The van der Waals surface area contributed by atoms with Crippen molar-refractivity contribution in [2.75, 3.05) is 13.2 Å². The summed E-state index contributed by atoms with van der Waals surface area (Å²) in [5, 5.41) is 0. The van der Waals surface area contributed by atoms with Crippen LogP contribution in [0.4, 0.5) is 0 Å². The average Bonchev–Trinajstić information content (AvgIpc) is 2.80. The number of nitrogens with zero attached hydrogens (tertiary/aromatic N) is 2. The van der Waals surface area contributed by atoms with E-state index in [0.717, 1.165) is 64.6 Å². The molecule has 4 atom stereocenters. The van der Waals surface area contributed by atoms with Crippen molar-refractivity contribution in [2.45, 2.75) is 136 Å². The van der Waals surface area contributed by atoms with Gasteiger partial charge >= 0.3 is 39.3 Å². The molecule has 0 N–H and O–H groups in total. The Hall–Kier alpha value is 3.07. The van der Waals surface area contributed by atoms with E-state index >= 15 is 0 Å². The van der Waals surface area contributed by atoms with Gasteiger partial charge < -0.3 is 8.85 Å². The minimum atomic E-state index is -1.54. The van der Waals surface area contributed by atoms with Crippen LogP contribution in [0.25, 0.3) is 0 Å². The maximum atomic E-state index is 6.23. The van der Waals surface area contributed by atoms with Crippen LogP contribution in [0.15, 0.2) is 9.98 Å². The Morgan fingerprint density at radius 3 is 1.15 bits per heavy atom. The van der Waals surface area contributed by atoms with Crippen molar-refractivity contribution in [1.82, 2.24) is 0 Å². The number of hydrogen-bond acceptors (Lipinski definition) is 4. The molecule has 2 fully saturated rings. The van der Waals surface area contributed by atoms with Crippen molar-refractivity contribution >= 4 is 120 Å². The molecule has 0 aromatic heterocycles. The molecule has 0 saturated heterocycles. The SMILES string of the molecule is CC1CC(Br)C(N=C(CCCO[Si](C)(C)C)C(CCCO[Si](C)(C)C)=NC2C(Br)CC(C)CC2Br)C(Br)C1.[Br][Ni][Br]. The van der Waals surface area contributed by atoms with E-state index in [2.05, 4.69) is 145 Å². The molecule has 0 aliphatic heterocycles. The number of hydrogen-bond donors (Lipinski definition) is 0. The van der Waals surface area contributed by atoms with E-state index in [9.17, 15) is 0 Å². The van der Waals surface area contributed by atoms with E-state index in [1.807, 2.05) is 0 Å². The molecule has 0 aromatic carbocycles. The summed E-state index contributed by atoms with van der Waals surface area (Å²) in [5.74, 6) is 1.39. The van der Waals surface area contributed by atoms with E-state index in [4.69, 9.17) is 18.8 Å². The summed E-state index contributed by atoms with van der Waals surface area (Å²) in [4.78, 5) is 12.5. The van der Waals surface area contributed by atoms with Gasteiger partial charge in [0.1, 0.15) is 0 Å². The Kier molecular flexibility index (Phi) is 21.7. The zero-order chi connectivity index (χ0) is 31.4. The van der Waals surface area contributed by atoms with Crippen LogP contribution in [0, 0.1) is 11.8 Å². The van der Waals surface area contributed by atoms with Gasteiger partial charge in [0.15, 0.2) is 16.6 Å². The van der Waals surface area contributed by atoms with Gasteiger partial charge in [-0.05, 0) is 102 Å². The fourth-order valence-corrected chi connectivity index (χ4v) is 12.1. The van der Waals surface area contributed by atoms with Crippen LogP contribution in [-0.4, -0.2) is 72.7 Å². The predicted molar refractivity (Wildman–Crippen MR) is 205 cm³/mol. The summed E-state index contributed by atoms with van der Waals surface area (Å²) >= 11 is 22.0. The molecule has 0 heterocycles. The van der Waals surface area contributed by atoms with Crippen LogP contribution in [0.2, 0.25) is 39.3 Å². The molecule has 2 saturated carbocycles. The quantitative estimate of drug-likeness (QED) is 0.0798. The third kappa shape index (κ3) is 18.3. The zero-order valence-electron chi connectivity index (χ0n) is 26.0. The minimum absolute atomic E-state index is 0.216. The van der Waals surface area contributed by atoms with Gasteiger partial charge in [0.2, 0.25) is 0 Å².